The Labute approximate surface area is 197 Å². The van der Waals surface area contributed by atoms with Gasteiger partial charge in [-0.15, -0.1) is 11.8 Å². The Hall–Kier alpha value is -2.61. The van der Waals surface area contributed by atoms with Crippen LogP contribution in [0.25, 0.3) is 11.1 Å². The zero-order valence-corrected chi connectivity index (χ0v) is 19.7. The fourth-order valence-electron chi connectivity index (χ4n) is 3.04. The normalized spacial score (nSPS) is 12.2. The number of carbonyl (C=O) groups excluding carboxylic acids is 2. The van der Waals surface area contributed by atoms with Gasteiger partial charge in [-0.1, -0.05) is 66.2 Å². The molecule has 0 aliphatic rings. The molecule has 0 saturated carbocycles. The van der Waals surface area contributed by atoms with Crippen LogP contribution >= 0.6 is 23.4 Å². The van der Waals surface area contributed by atoms with Crippen molar-refractivity contribution >= 4 is 45.1 Å². The minimum absolute atomic E-state index is 0.0958. The fraction of sp³-hybridized carbons (Fsp3) is 0.167. The zero-order valence-electron chi connectivity index (χ0n) is 17.3. The summed E-state index contributed by atoms with van der Waals surface area (Å²) in [6, 6.07) is 23.9. The van der Waals surface area contributed by atoms with E-state index in [1.54, 1.807) is 24.3 Å². The van der Waals surface area contributed by atoms with Gasteiger partial charge in [-0.25, -0.2) is 8.42 Å². The molecule has 1 amide bonds. The number of sulfonamides is 1. The predicted molar refractivity (Wildman–Crippen MR) is 129 cm³/mol. The van der Waals surface area contributed by atoms with E-state index in [4.69, 9.17) is 11.6 Å². The number of Topliss-reactive ketones (excluding diaryl/α,β-unsaturated/α-hetero) is 1. The van der Waals surface area contributed by atoms with Crippen LogP contribution in [-0.2, 0) is 14.8 Å². The van der Waals surface area contributed by atoms with Crippen LogP contribution in [0.15, 0.2) is 83.8 Å². The maximum Gasteiger partial charge on any atom is 0.237 e. The second-order valence-corrected chi connectivity index (χ2v) is 10.5. The van der Waals surface area contributed by atoms with Crippen molar-refractivity contribution in [1.29, 1.82) is 0 Å². The van der Waals surface area contributed by atoms with E-state index < -0.39 is 21.8 Å². The molecule has 0 unspecified atom stereocenters. The van der Waals surface area contributed by atoms with Crippen LogP contribution in [-0.4, -0.2) is 32.1 Å². The minimum atomic E-state index is -3.72. The van der Waals surface area contributed by atoms with Crippen LogP contribution in [0, 0.1) is 5.92 Å². The molecule has 32 heavy (non-hydrogen) atoms. The molecular weight excluding hydrogens is 466 g/mol. The summed E-state index contributed by atoms with van der Waals surface area (Å²) in [6.07, 6.45) is 0.824. The molecule has 166 valence electrons. The van der Waals surface area contributed by atoms with E-state index >= 15 is 0 Å². The van der Waals surface area contributed by atoms with E-state index in [0.29, 0.717) is 10.6 Å². The van der Waals surface area contributed by atoms with Crippen LogP contribution in [0.2, 0.25) is 5.02 Å². The van der Waals surface area contributed by atoms with Gasteiger partial charge in [0.15, 0.2) is 5.78 Å². The van der Waals surface area contributed by atoms with E-state index in [9.17, 15) is 18.0 Å². The maximum absolute atomic E-state index is 12.9. The highest BCUT2D eigenvalue weighted by Crippen LogP contribution is 2.25. The van der Waals surface area contributed by atoms with Gasteiger partial charge in [-0.2, -0.15) is 0 Å². The van der Waals surface area contributed by atoms with Crippen molar-refractivity contribution in [2.24, 2.45) is 5.92 Å². The summed E-state index contributed by atoms with van der Waals surface area (Å²) >= 11 is 7.33. The van der Waals surface area contributed by atoms with E-state index in [1.165, 1.54) is 11.8 Å². The third kappa shape index (κ3) is 7.22. The molecule has 0 aliphatic heterocycles. The Balaban J connectivity index is 1.72. The minimum Gasteiger partial charge on any atom is -0.294 e. The van der Waals surface area contributed by atoms with Gasteiger partial charge in [-0.05, 0) is 35.4 Å². The maximum atomic E-state index is 12.9. The Morgan fingerprint density at radius 2 is 1.47 bits per heavy atom. The molecule has 8 heteroatoms. The van der Waals surface area contributed by atoms with Crippen LogP contribution in [0.5, 0.6) is 0 Å². The van der Waals surface area contributed by atoms with Gasteiger partial charge < -0.3 is 0 Å². The fourth-order valence-corrected chi connectivity index (χ4v) is 4.71. The lowest BCUT2D eigenvalue weighted by Gasteiger charge is -2.15. The Morgan fingerprint density at radius 3 is 2.03 bits per heavy atom. The zero-order chi connectivity index (χ0) is 23.1. The molecule has 3 rings (SSSR count). The van der Waals surface area contributed by atoms with E-state index in [-0.39, 0.29) is 18.0 Å². The largest absolute Gasteiger partial charge is 0.294 e. The summed E-state index contributed by atoms with van der Waals surface area (Å²) in [7, 11) is -3.72. The molecule has 0 bridgehead atoms. The summed E-state index contributed by atoms with van der Waals surface area (Å²) in [5.74, 6) is -1.42. The molecule has 0 fully saturated rings. The second-order valence-electron chi connectivity index (χ2n) is 7.27. The Kier molecular flexibility index (Phi) is 8.12. The number of hydrogen-bond acceptors (Lipinski definition) is 5. The van der Waals surface area contributed by atoms with Crippen molar-refractivity contribution in [3.63, 3.8) is 0 Å². The standard InChI is InChI=1S/C24H22ClNO4S2/c1-32(29,30)26-24(28)20(16-31-22-5-3-2-4-6-22)15-23(27)19-9-7-17(8-10-19)18-11-13-21(25)14-12-18/h2-14,20H,15-16H2,1H3,(H,26,28)/t20-/m1/s1. The Bertz CT molecular complexity index is 1180. The van der Waals surface area contributed by atoms with Gasteiger partial charge in [0.2, 0.25) is 15.9 Å². The Morgan fingerprint density at radius 1 is 0.906 bits per heavy atom. The van der Waals surface area contributed by atoms with E-state index in [0.717, 1.165) is 22.3 Å². The van der Waals surface area contributed by atoms with Gasteiger partial charge >= 0.3 is 0 Å². The van der Waals surface area contributed by atoms with E-state index in [1.807, 2.05) is 59.3 Å². The lowest BCUT2D eigenvalue weighted by molar-refractivity contribution is -0.122. The van der Waals surface area contributed by atoms with Gasteiger partial charge in [0.25, 0.3) is 0 Å². The molecule has 0 saturated heterocycles. The third-order valence-corrected chi connectivity index (χ3v) is 6.67. The number of benzene rings is 3. The molecule has 1 N–H and O–H groups in total. The lowest BCUT2D eigenvalue weighted by Crippen LogP contribution is -2.37. The number of rotatable bonds is 9. The van der Waals surface area contributed by atoms with Crippen molar-refractivity contribution in [3.05, 3.63) is 89.4 Å². The summed E-state index contributed by atoms with van der Waals surface area (Å²) in [5.41, 5.74) is 2.37. The summed E-state index contributed by atoms with van der Waals surface area (Å²) < 4.78 is 25.1. The highest BCUT2D eigenvalue weighted by molar-refractivity contribution is 7.99. The van der Waals surface area contributed by atoms with Crippen molar-refractivity contribution in [1.82, 2.24) is 4.72 Å². The molecule has 1 atom stereocenters. The van der Waals surface area contributed by atoms with E-state index in [2.05, 4.69) is 0 Å². The first-order chi connectivity index (χ1) is 15.2. The second kappa shape index (κ2) is 10.8. The average molecular weight is 488 g/mol. The highest BCUT2D eigenvalue weighted by Gasteiger charge is 2.25. The number of nitrogens with one attached hydrogen (secondary N) is 1. The summed E-state index contributed by atoms with van der Waals surface area (Å²) in [4.78, 5) is 26.4. The van der Waals surface area contributed by atoms with Gasteiger partial charge in [0.1, 0.15) is 0 Å². The molecule has 0 heterocycles. The van der Waals surface area contributed by atoms with Crippen molar-refractivity contribution < 1.29 is 18.0 Å². The molecule has 0 spiro atoms. The quantitative estimate of drug-likeness (QED) is 0.337. The van der Waals surface area contributed by atoms with Crippen LogP contribution < -0.4 is 4.72 Å². The van der Waals surface area contributed by atoms with Crippen molar-refractivity contribution in [2.45, 2.75) is 11.3 Å². The van der Waals surface area contributed by atoms with Crippen molar-refractivity contribution in [3.8, 4) is 11.1 Å². The molecule has 3 aromatic rings. The first-order valence-corrected chi connectivity index (χ1v) is 13.1. The van der Waals surface area contributed by atoms with Gasteiger partial charge in [-0.3, -0.25) is 14.3 Å². The predicted octanol–water partition coefficient (Wildman–Crippen LogP) is 5.06. The molecule has 0 radical (unpaired) electrons. The first-order valence-electron chi connectivity index (χ1n) is 9.80. The third-order valence-electron chi connectivity index (χ3n) is 4.67. The first kappa shape index (κ1) is 24.0. The number of carbonyl (C=O) groups is 2. The molecule has 0 aromatic heterocycles. The molecule has 5 nitrogen and oxygen atoms in total. The molecule has 3 aromatic carbocycles. The topological polar surface area (TPSA) is 80.3 Å². The molecular formula is C24H22ClNO4S2. The smallest absolute Gasteiger partial charge is 0.237 e. The number of hydrogen-bond donors (Lipinski definition) is 1. The van der Waals surface area contributed by atoms with Gasteiger partial charge in [0.05, 0.1) is 12.2 Å². The van der Waals surface area contributed by atoms with Crippen molar-refractivity contribution in [2.75, 3.05) is 12.0 Å². The number of ketones is 1. The van der Waals surface area contributed by atoms with Crippen LogP contribution in [0.3, 0.4) is 0 Å². The number of halogens is 1. The molecule has 0 aliphatic carbocycles. The highest BCUT2D eigenvalue weighted by atomic mass is 35.5. The monoisotopic (exact) mass is 487 g/mol. The lowest BCUT2D eigenvalue weighted by atomic mass is 9.97. The average Bonchev–Trinajstić information content (AvgIpc) is 2.76. The van der Waals surface area contributed by atoms with Crippen LogP contribution in [0.4, 0.5) is 0 Å². The summed E-state index contributed by atoms with van der Waals surface area (Å²) in [5, 5.41) is 0.646. The van der Waals surface area contributed by atoms with Gasteiger partial charge in [0, 0.05) is 27.7 Å². The SMILES string of the molecule is CS(=O)(=O)NC(=O)[C@@H](CSc1ccccc1)CC(=O)c1ccc(-c2ccc(Cl)cc2)cc1. The number of thioether (sulfide) groups is 1. The summed E-state index contributed by atoms with van der Waals surface area (Å²) in [6.45, 7) is 0. The van der Waals surface area contributed by atoms with Crippen LogP contribution in [0.1, 0.15) is 16.8 Å². The number of amides is 1.